The van der Waals surface area contributed by atoms with Gasteiger partial charge in [-0.1, -0.05) is 6.07 Å². The molecule has 1 rings (SSSR count). The van der Waals surface area contributed by atoms with Gasteiger partial charge in [0.25, 0.3) is 0 Å². The van der Waals surface area contributed by atoms with Gasteiger partial charge in [-0.3, -0.25) is 4.79 Å². The van der Waals surface area contributed by atoms with Crippen molar-refractivity contribution in [1.82, 2.24) is 0 Å². The summed E-state index contributed by atoms with van der Waals surface area (Å²) in [5.41, 5.74) is 6.29. The van der Waals surface area contributed by atoms with Gasteiger partial charge in [-0.05, 0) is 46.7 Å². The quantitative estimate of drug-likeness (QED) is 0.489. The summed E-state index contributed by atoms with van der Waals surface area (Å²) in [4.78, 5) is 10.7. The maximum atomic E-state index is 11.8. The van der Waals surface area contributed by atoms with Crippen LogP contribution in [0.4, 0.5) is 4.39 Å². The molecule has 0 heterocycles. The molecule has 0 spiro atoms. The number of ether oxygens (including phenoxy) is 2. The van der Waals surface area contributed by atoms with Crippen molar-refractivity contribution in [2.45, 2.75) is 12.5 Å². The molecule has 0 saturated heterocycles. The molecular formula is C13H17FINO4. The van der Waals surface area contributed by atoms with Crippen molar-refractivity contribution in [1.29, 1.82) is 0 Å². The number of aliphatic carboxylic acids is 1. The summed E-state index contributed by atoms with van der Waals surface area (Å²) >= 11 is 2.12. The van der Waals surface area contributed by atoms with Gasteiger partial charge in [0.1, 0.15) is 25.1 Å². The van der Waals surface area contributed by atoms with E-state index in [0.717, 1.165) is 9.13 Å². The molecule has 3 N–H and O–H groups in total. The van der Waals surface area contributed by atoms with Crippen molar-refractivity contribution in [3.8, 4) is 5.75 Å². The Morgan fingerprint density at radius 2 is 2.15 bits per heavy atom. The minimum absolute atomic E-state index is 0.0634. The number of carboxylic acid groups (broad SMARTS) is 1. The van der Waals surface area contributed by atoms with Crippen LogP contribution in [0.5, 0.6) is 5.75 Å². The van der Waals surface area contributed by atoms with E-state index in [4.69, 9.17) is 20.3 Å². The average Bonchev–Trinajstić information content (AvgIpc) is 2.41. The molecule has 1 atom stereocenters. The van der Waals surface area contributed by atoms with Crippen LogP contribution in [0, 0.1) is 3.57 Å². The van der Waals surface area contributed by atoms with Crippen LogP contribution in [0.25, 0.3) is 0 Å². The first-order valence-electron chi connectivity index (χ1n) is 6.08. The van der Waals surface area contributed by atoms with E-state index in [1.807, 2.05) is 12.1 Å². The molecule has 1 aromatic carbocycles. The summed E-state index contributed by atoms with van der Waals surface area (Å²) in [7, 11) is 0. The standard InChI is InChI=1S/C13H17FINO4/c14-3-4-19-5-6-20-12-8-9(1-2-10(12)15)7-11(16)13(17)18/h1-2,8,11H,3-7,16H2,(H,17,18). The molecule has 0 fully saturated rings. The highest BCUT2D eigenvalue weighted by Crippen LogP contribution is 2.23. The van der Waals surface area contributed by atoms with Gasteiger partial charge in [0.15, 0.2) is 0 Å². The maximum absolute atomic E-state index is 11.8. The second kappa shape index (κ2) is 9.09. The number of hydrogen-bond acceptors (Lipinski definition) is 4. The highest BCUT2D eigenvalue weighted by molar-refractivity contribution is 14.1. The third-order valence-corrected chi connectivity index (χ3v) is 3.37. The molecule has 0 saturated carbocycles. The van der Waals surface area contributed by atoms with Gasteiger partial charge in [0, 0.05) is 0 Å². The Hall–Kier alpha value is -0.930. The molecule has 0 aliphatic rings. The van der Waals surface area contributed by atoms with Crippen molar-refractivity contribution < 1.29 is 23.8 Å². The SMILES string of the molecule is NC(Cc1ccc(I)c(OCCOCCF)c1)C(=O)O. The van der Waals surface area contributed by atoms with E-state index in [-0.39, 0.29) is 13.0 Å². The van der Waals surface area contributed by atoms with Crippen LogP contribution in [0.15, 0.2) is 18.2 Å². The van der Waals surface area contributed by atoms with Crippen LogP contribution in [0.1, 0.15) is 5.56 Å². The number of benzene rings is 1. The summed E-state index contributed by atoms with van der Waals surface area (Å²) in [5.74, 6) is -0.393. The number of rotatable bonds is 9. The van der Waals surface area contributed by atoms with Crippen molar-refractivity contribution in [2.75, 3.05) is 26.5 Å². The third kappa shape index (κ3) is 6.02. The van der Waals surface area contributed by atoms with E-state index >= 15 is 0 Å². The van der Waals surface area contributed by atoms with Gasteiger partial charge in [-0.2, -0.15) is 0 Å². The van der Waals surface area contributed by atoms with Crippen molar-refractivity contribution >= 4 is 28.6 Å². The van der Waals surface area contributed by atoms with Crippen molar-refractivity contribution in [3.63, 3.8) is 0 Å². The topological polar surface area (TPSA) is 81.8 Å². The Balaban J connectivity index is 2.55. The fraction of sp³-hybridized carbons (Fsp3) is 0.462. The van der Waals surface area contributed by atoms with E-state index < -0.39 is 18.7 Å². The number of carboxylic acids is 1. The molecule has 112 valence electrons. The van der Waals surface area contributed by atoms with Crippen LogP contribution in [0.2, 0.25) is 0 Å². The predicted molar refractivity (Wildman–Crippen MR) is 80.8 cm³/mol. The van der Waals surface area contributed by atoms with E-state index in [1.165, 1.54) is 0 Å². The molecule has 0 amide bonds. The molecular weight excluding hydrogens is 380 g/mol. The molecule has 0 aromatic heterocycles. The molecule has 0 radical (unpaired) electrons. The summed E-state index contributed by atoms with van der Waals surface area (Å²) in [5, 5.41) is 8.79. The summed E-state index contributed by atoms with van der Waals surface area (Å²) in [6, 6.07) is 4.48. The van der Waals surface area contributed by atoms with Crippen LogP contribution in [-0.2, 0) is 16.0 Å². The Kier molecular flexibility index (Phi) is 7.78. The first-order valence-corrected chi connectivity index (χ1v) is 7.15. The Morgan fingerprint density at radius 1 is 1.40 bits per heavy atom. The second-order valence-corrected chi connectivity index (χ2v) is 5.23. The van der Waals surface area contributed by atoms with Crippen LogP contribution < -0.4 is 10.5 Å². The fourth-order valence-electron chi connectivity index (χ4n) is 1.49. The van der Waals surface area contributed by atoms with Crippen LogP contribution in [-0.4, -0.2) is 43.6 Å². The average molecular weight is 397 g/mol. The zero-order chi connectivity index (χ0) is 15.0. The minimum atomic E-state index is -1.04. The molecule has 1 aromatic rings. The number of alkyl halides is 1. The van der Waals surface area contributed by atoms with E-state index in [2.05, 4.69) is 22.6 Å². The Labute approximate surface area is 130 Å². The van der Waals surface area contributed by atoms with Gasteiger partial charge >= 0.3 is 5.97 Å². The van der Waals surface area contributed by atoms with E-state index in [9.17, 15) is 9.18 Å². The normalized spacial score (nSPS) is 12.2. The highest BCUT2D eigenvalue weighted by atomic mass is 127. The third-order valence-electron chi connectivity index (χ3n) is 2.48. The molecule has 20 heavy (non-hydrogen) atoms. The monoisotopic (exact) mass is 397 g/mol. The lowest BCUT2D eigenvalue weighted by molar-refractivity contribution is -0.138. The van der Waals surface area contributed by atoms with Crippen molar-refractivity contribution in [3.05, 3.63) is 27.3 Å². The lowest BCUT2D eigenvalue weighted by atomic mass is 10.1. The smallest absolute Gasteiger partial charge is 0.320 e. The predicted octanol–water partition coefficient (Wildman–Crippen LogP) is 1.61. The first-order chi connectivity index (χ1) is 9.54. The highest BCUT2D eigenvalue weighted by Gasteiger charge is 2.13. The second-order valence-electron chi connectivity index (χ2n) is 4.06. The Morgan fingerprint density at radius 3 is 2.80 bits per heavy atom. The lowest BCUT2D eigenvalue weighted by Crippen LogP contribution is -2.32. The number of halogens is 2. The zero-order valence-electron chi connectivity index (χ0n) is 10.9. The molecule has 5 nitrogen and oxygen atoms in total. The molecule has 7 heteroatoms. The van der Waals surface area contributed by atoms with E-state index in [1.54, 1.807) is 6.07 Å². The molecule has 0 aliphatic heterocycles. The molecule has 1 unspecified atom stereocenters. The van der Waals surface area contributed by atoms with Crippen LogP contribution in [0.3, 0.4) is 0 Å². The number of hydrogen-bond donors (Lipinski definition) is 2. The molecule has 0 aliphatic carbocycles. The molecule has 0 bridgehead atoms. The zero-order valence-corrected chi connectivity index (χ0v) is 13.0. The number of nitrogens with two attached hydrogens (primary N) is 1. The summed E-state index contributed by atoms with van der Waals surface area (Å²) in [6.07, 6.45) is 0.237. The first kappa shape index (κ1) is 17.1. The van der Waals surface area contributed by atoms with Crippen molar-refractivity contribution in [2.24, 2.45) is 5.73 Å². The largest absolute Gasteiger partial charge is 0.490 e. The van der Waals surface area contributed by atoms with Gasteiger partial charge in [0.2, 0.25) is 0 Å². The lowest BCUT2D eigenvalue weighted by Gasteiger charge is -2.11. The Bertz CT molecular complexity index is 444. The maximum Gasteiger partial charge on any atom is 0.320 e. The van der Waals surface area contributed by atoms with Gasteiger partial charge < -0.3 is 20.3 Å². The fourth-order valence-corrected chi connectivity index (χ4v) is 1.98. The minimum Gasteiger partial charge on any atom is -0.490 e. The summed E-state index contributed by atoms with van der Waals surface area (Å²) < 4.78 is 23.2. The summed E-state index contributed by atoms with van der Waals surface area (Å²) in [6.45, 7) is 0.164. The van der Waals surface area contributed by atoms with Gasteiger partial charge in [-0.25, -0.2) is 4.39 Å². The number of carbonyl (C=O) groups is 1. The van der Waals surface area contributed by atoms with Gasteiger partial charge in [0.05, 0.1) is 16.8 Å². The van der Waals surface area contributed by atoms with E-state index in [0.29, 0.717) is 19.0 Å². The van der Waals surface area contributed by atoms with Crippen LogP contribution >= 0.6 is 22.6 Å². The van der Waals surface area contributed by atoms with Gasteiger partial charge in [-0.15, -0.1) is 0 Å².